The minimum absolute atomic E-state index is 0.0150. The summed E-state index contributed by atoms with van der Waals surface area (Å²) in [4.78, 5) is 16.2. The fourth-order valence-electron chi connectivity index (χ4n) is 2.30. The molecule has 2 aromatic heterocycles. The third-order valence-corrected chi connectivity index (χ3v) is 4.33. The van der Waals surface area contributed by atoms with Crippen molar-refractivity contribution in [1.82, 2.24) is 14.9 Å². The van der Waals surface area contributed by atoms with Crippen molar-refractivity contribution in [3.8, 4) is 0 Å². The van der Waals surface area contributed by atoms with Gasteiger partial charge in [0.1, 0.15) is 0 Å². The summed E-state index contributed by atoms with van der Waals surface area (Å²) in [6, 6.07) is 8.23. The second-order valence-electron chi connectivity index (χ2n) is 5.21. The zero-order valence-corrected chi connectivity index (χ0v) is 13.1. The van der Waals surface area contributed by atoms with E-state index in [9.17, 15) is 4.79 Å². The van der Waals surface area contributed by atoms with Crippen LogP contribution in [0, 0.1) is 6.92 Å². The summed E-state index contributed by atoms with van der Waals surface area (Å²) < 4.78 is 2.02. The van der Waals surface area contributed by atoms with E-state index in [1.807, 2.05) is 40.6 Å². The molecule has 0 aliphatic rings. The minimum atomic E-state index is -0.0150. The van der Waals surface area contributed by atoms with Crippen LogP contribution in [0.3, 0.4) is 0 Å². The quantitative estimate of drug-likeness (QED) is 0.786. The van der Waals surface area contributed by atoms with Gasteiger partial charge < -0.3 is 9.88 Å². The van der Waals surface area contributed by atoms with Gasteiger partial charge >= 0.3 is 0 Å². The second-order valence-corrected chi connectivity index (χ2v) is 5.95. The van der Waals surface area contributed by atoms with Crippen molar-refractivity contribution in [2.75, 3.05) is 0 Å². The molecule has 1 amide bonds. The van der Waals surface area contributed by atoms with Gasteiger partial charge in [-0.15, -0.1) is 0 Å². The Morgan fingerprint density at radius 2 is 2.18 bits per heavy atom. The fourth-order valence-corrected chi connectivity index (χ4v) is 3.13. The largest absolute Gasteiger partial charge is 0.348 e. The molecule has 112 valence electrons. The molecule has 0 spiro atoms. The van der Waals surface area contributed by atoms with Gasteiger partial charge in [-0.2, -0.15) is 11.3 Å². The number of rotatable bonds is 5. The molecule has 1 aromatic carbocycles. The lowest BCUT2D eigenvalue weighted by Crippen LogP contribution is -2.23. The molecule has 0 atom stereocenters. The number of carbonyl (C=O) groups is 1. The highest BCUT2D eigenvalue weighted by Gasteiger charge is 2.09. The number of nitrogens with one attached hydrogen (secondary N) is 1. The van der Waals surface area contributed by atoms with E-state index in [0.29, 0.717) is 6.54 Å². The highest BCUT2D eigenvalue weighted by atomic mass is 32.1. The van der Waals surface area contributed by atoms with E-state index in [1.165, 1.54) is 5.56 Å². The first-order valence-electron chi connectivity index (χ1n) is 7.07. The van der Waals surface area contributed by atoms with Crippen molar-refractivity contribution >= 4 is 17.2 Å². The first-order chi connectivity index (χ1) is 10.7. The summed E-state index contributed by atoms with van der Waals surface area (Å²) in [5, 5.41) is 6.85. The van der Waals surface area contributed by atoms with Crippen LogP contribution < -0.4 is 5.32 Å². The summed E-state index contributed by atoms with van der Waals surface area (Å²) in [7, 11) is 0. The highest BCUT2D eigenvalue weighted by molar-refractivity contribution is 7.08. The van der Waals surface area contributed by atoms with E-state index in [4.69, 9.17) is 0 Å². The van der Waals surface area contributed by atoms with Crippen molar-refractivity contribution in [1.29, 1.82) is 0 Å². The predicted octanol–water partition coefficient (Wildman–Crippen LogP) is 3.23. The minimum Gasteiger partial charge on any atom is -0.348 e. The summed E-state index contributed by atoms with van der Waals surface area (Å²) in [6.45, 7) is 3.27. The smallest absolute Gasteiger partial charge is 0.252 e. The molecule has 22 heavy (non-hydrogen) atoms. The van der Waals surface area contributed by atoms with Crippen molar-refractivity contribution in [2.45, 2.75) is 20.0 Å². The first-order valence-corrected chi connectivity index (χ1v) is 8.01. The summed E-state index contributed by atoms with van der Waals surface area (Å²) in [5.41, 5.74) is 4.08. The molecule has 1 N–H and O–H groups in total. The first kappa shape index (κ1) is 14.5. The Balaban J connectivity index is 1.63. The summed E-state index contributed by atoms with van der Waals surface area (Å²) in [6.07, 6.45) is 5.51. The van der Waals surface area contributed by atoms with Gasteiger partial charge in [-0.1, -0.05) is 24.3 Å². The molecule has 0 unspecified atom stereocenters. The molecule has 2 heterocycles. The maximum absolute atomic E-state index is 12.1. The molecule has 0 radical (unpaired) electrons. The Bertz CT molecular complexity index is 762. The van der Waals surface area contributed by atoms with Crippen LogP contribution in [0.25, 0.3) is 0 Å². The molecular formula is C17H17N3OS. The van der Waals surface area contributed by atoms with Crippen LogP contribution >= 0.6 is 11.3 Å². The molecule has 0 aliphatic heterocycles. The summed E-state index contributed by atoms with van der Waals surface area (Å²) >= 11 is 1.55. The second kappa shape index (κ2) is 6.58. The monoisotopic (exact) mass is 311 g/mol. The Morgan fingerprint density at radius 3 is 2.91 bits per heavy atom. The Labute approximate surface area is 133 Å². The van der Waals surface area contributed by atoms with E-state index in [0.717, 1.165) is 23.2 Å². The number of hydrogen-bond donors (Lipinski definition) is 1. The van der Waals surface area contributed by atoms with Crippen molar-refractivity contribution < 1.29 is 4.79 Å². The predicted molar refractivity (Wildman–Crippen MR) is 88.0 cm³/mol. The van der Waals surface area contributed by atoms with Gasteiger partial charge in [-0.3, -0.25) is 4.79 Å². The van der Waals surface area contributed by atoms with E-state index in [1.54, 1.807) is 23.9 Å². The van der Waals surface area contributed by atoms with E-state index < -0.39 is 0 Å². The number of thiophene rings is 1. The van der Waals surface area contributed by atoms with Crippen molar-refractivity contribution in [2.24, 2.45) is 0 Å². The van der Waals surface area contributed by atoms with Crippen LogP contribution in [0.1, 0.15) is 27.0 Å². The van der Waals surface area contributed by atoms with Crippen molar-refractivity contribution in [3.05, 3.63) is 76.0 Å². The third kappa shape index (κ3) is 3.43. The zero-order valence-electron chi connectivity index (χ0n) is 12.3. The number of nitrogens with zero attached hydrogens (tertiary/aromatic N) is 2. The fraction of sp³-hybridized carbons (Fsp3) is 0.176. The van der Waals surface area contributed by atoms with Crippen LogP contribution in [0.2, 0.25) is 0 Å². The van der Waals surface area contributed by atoms with Crippen LogP contribution in [0.5, 0.6) is 0 Å². The SMILES string of the molecule is Cc1cscc1C(=O)NCc1cccc(Cn2ccnc2)c1. The lowest BCUT2D eigenvalue weighted by atomic mass is 10.1. The molecule has 0 fully saturated rings. The van der Waals surface area contributed by atoms with Crippen LogP contribution in [-0.4, -0.2) is 15.5 Å². The number of aryl methyl sites for hydroxylation is 1. The average molecular weight is 311 g/mol. The van der Waals surface area contributed by atoms with Gasteiger partial charge in [-0.25, -0.2) is 4.98 Å². The van der Waals surface area contributed by atoms with E-state index in [-0.39, 0.29) is 5.91 Å². The third-order valence-electron chi connectivity index (χ3n) is 3.47. The number of carbonyl (C=O) groups excluding carboxylic acids is 1. The molecule has 3 aromatic rings. The van der Waals surface area contributed by atoms with Gasteiger partial charge in [0.25, 0.3) is 5.91 Å². The van der Waals surface area contributed by atoms with E-state index >= 15 is 0 Å². The van der Waals surface area contributed by atoms with E-state index in [2.05, 4.69) is 22.4 Å². The lowest BCUT2D eigenvalue weighted by molar-refractivity contribution is 0.0951. The molecular weight excluding hydrogens is 294 g/mol. The normalized spacial score (nSPS) is 10.6. The molecule has 4 nitrogen and oxygen atoms in total. The van der Waals surface area contributed by atoms with Gasteiger partial charge in [0.05, 0.1) is 11.9 Å². The van der Waals surface area contributed by atoms with Crippen molar-refractivity contribution in [3.63, 3.8) is 0 Å². The maximum Gasteiger partial charge on any atom is 0.252 e. The molecule has 3 rings (SSSR count). The Kier molecular flexibility index (Phi) is 4.34. The standard InChI is InChI=1S/C17H17N3OS/c1-13-10-22-11-16(13)17(21)19-8-14-3-2-4-15(7-14)9-20-6-5-18-12-20/h2-7,10-12H,8-9H2,1H3,(H,19,21). The average Bonchev–Trinajstić information content (AvgIpc) is 3.17. The van der Waals surface area contributed by atoms with Gasteiger partial charge in [0, 0.05) is 30.9 Å². The number of amides is 1. The molecule has 5 heteroatoms. The van der Waals surface area contributed by atoms with Crippen LogP contribution in [0.4, 0.5) is 0 Å². The Hall–Kier alpha value is -2.40. The highest BCUT2D eigenvalue weighted by Crippen LogP contribution is 2.14. The van der Waals surface area contributed by atoms with Gasteiger partial charge in [0.15, 0.2) is 0 Å². The molecule has 0 saturated heterocycles. The number of benzene rings is 1. The van der Waals surface area contributed by atoms with Crippen LogP contribution in [0.15, 0.2) is 53.7 Å². The maximum atomic E-state index is 12.1. The number of imidazole rings is 1. The lowest BCUT2D eigenvalue weighted by Gasteiger charge is -2.08. The van der Waals surface area contributed by atoms with Crippen LogP contribution in [-0.2, 0) is 13.1 Å². The number of aromatic nitrogens is 2. The zero-order chi connectivity index (χ0) is 15.4. The molecule has 0 aliphatic carbocycles. The summed E-state index contributed by atoms with van der Waals surface area (Å²) in [5.74, 6) is -0.0150. The Morgan fingerprint density at radius 1 is 1.32 bits per heavy atom. The topological polar surface area (TPSA) is 46.9 Å². The van der Waals surface area contributed by atoms with Gasteiger partial charge in [0.2, 0.25) is 0 Å². The number of hydrogen-bond acceptors (Lipinski definition) is 3. The van der Waals surface area contributed by atoms with Gasteiger partial charge in [-0.05, 0) is 29.0 Å². The molecule has 0 saturated carbocycles. The molecule has 0 bridgehead atoms.